The van der Waals surface area contributed by atoms with Crippen LogP contribution in [0.2, 0.25) is 0 Å². The second-order valence-electron chi connectivity index (χ2n) is 7.36. The molecule has 1 aromatic carbocycles. The molecule has 1 saturated heterocycles. The lowest BCUT2D eigenvalue weighted by Crippen LogP contribution is -2.45. The maximum absolute atomic E-state index is 12.6. The molecule has 1 saturated carbocycles. The fourth-order valence-corrected chi connectivity index (χ4v) is 5.06. The van der Waals surface area contributed by atoms with Crippen LogP contribution in [0.3, 0.4) is 0 Å². The first-order valence-corrected chi connectivity index (χ1v) is 11.1. The lowest BCUT2D eigenvalue weighted by atomic mass is 9.86. The van der Waals surface area contributed by atoms with Gasteiger partial charge in [0.15, 0.2) is 0 Å². The van der Waals surface area contributed by atoms with Gasteiger partial charge in [0.05, 0.1) is 18.1 Å². The van der Waals surface area contributed by atoms with Gasteiger partial charge >= 0.3 is 6.03 Å². The van der Waals surface area contributed by atoms with E-state index in [2.05, 4.69) is 17.6 Å². The molecular formula is C19H29N3O4S. The van der Waals surface area contributed by atoms with Gasteiger partial charge in [-0.25, -0.2) is 13.2 Å². The van der Waals surface area contributed by atoms with E-state index >= 15 is 0 Å². The van der Waals surface area contributed by atoms with Crippen molar-refractivity contribution in [3.05, 3.63) is 29.8 Å². The molecule has 1 aliphatic heterocycles. The van der Waals surface area contributed by atoms with Crippen LogP contribution in [0.1, 0.15) is 38.2 Å². The van der Waals surface area contributed by atoms with Crippen LogP contribution in [0.5, 0.6) is 0 Å². The van der Waals surface area contributed by atoms with E-state index in [0.29, 0.717) is 38.8 Å². The van der Waals surface area contributed by atoms with Crippen molar-refractivity contribution in [3.8, 4) is 0 Å². The number of hydrogen-bond acceptors (Lipinski definition) is 4. The molecule has 1 aromatic rings. The topological polar surface area (TPSA) is 87.7 Å². The van der Waals surface area contributed by atoms with E-state index < -0.39 is 10.0 Å². The lowest BCUT2D eigenvalue weighted by Gasteiger charge is -2.29. The molecule has 2 aliphatic rings. The Morgan fingerprint density at radius 3 is 2.48 bits per heavy atom. The average molecular weight is 396 g/mol. The van der Waals surface area contributed by atoms with Gasteiger partial charge in [0, 0.05) is 25.7 Å². The number of carbonyl (C=O) groups is 1. The Balaban J connectivity index is 1.52. The average Bonchev–Trinajstić information content (AvgIpc) is 2.69. The largest absolute Gasteiger partial charge is 0.379 e. The van der Waals surface area contributed by atoms with Crippen LogP contribution in [-0.2, 0) is 21.3 Å². The molecule has 3 rings (SSSR count). The van der Waals surface area contributed by atoms with Gasteiger partial charge in [-0.2, -0.15) is 4.31 Å². The van der Waals surface area contributed by atoms with E-state index in [0.717, 1.165) is 24.8 Å². The van der Waals surface area contributed by atoms with Gasteiger partial charge in [0.25, 0.3) is 0 Å². The summed E-state index contributed by atoms with van der Waals surface area (Å²) in [5.74, 6) is 0.508. The van der Waals surface area contributed by atoms with E-state index in [9.17, 15) is 13.2 Å². The summed E-state index contributed by atoms with van der Waals surface area (Å²) in [4.78, 5) is 12.4. The molecule has 0 spiro atoms. The molecule has 1 aliphatic carbocycles. The summed E-state index contributed by atoms with van der Waals surface area (Å²) in [7, 11) is -3.48. The van der Waals surface area contributed by atoms with Gasteiger partial charge in [-0.1, -0.05) is 31.9 Å². The first kappa shape index (κ1) is 20.1. The summed E-state index contributed by atoms with van der Waals surface area (Å²) in [5.41, 5.74) is 0.864. The number of benzene rings is 1. The Kier molecular flexibility index (Phi) is 6.73. The van der Waals surface area contributed by atoms with Crippen LogP contribution in [0.4, 0.5) is 4.79 Å². The summed E-state index contributed by atoms with van der Waals surface area (Å²) >= 11 is 0. The fraction of sp³-hybridized carbons (Fsp3) is 0.632. The minimum atomic E-state index is -3.48. The molecule has 1 heterocycles. The van der Waals surface area contributed by atoms with Gasteiger partial charge in [-0.15, -0.1) is 0 Å². The zero-order chi connectivity index (χ0) is 19.3. The molecule has 0 bridgehead atoms. The SMILES string of the molecule is C[C@H]1CCCC[C@@H]1NC(=O)NCc1ccc(S(=O)(=O)N2CCOCC2)cc1. The number of rotatable bonds is 5. The number of carbonyl (C=O) groups excluding carboxylic acids is 1. The van der Waals surface area contributed by atoms with Crippen molar-refractivity contribution in [1.82, 2.24) is 14.9 Å². The van der Waals surface area contributed by atoms with Crippen molar-refractivity contribution >= 4 is 16.1 Å². The highest BCUT2D eigenvalue weighted by molar-refractivity contribution is 7.89. The predicted octanol–water partition coefficient (Wildman–Crippen LogP) is 2.09. The maximum Gasteiger partial charge on any atom is 0.315 e. The van der Waals surface area contributed by atoms with Crippen molar-refractivity contribution in [2.75, 3.05) is 26.3 Å². The third-order valence-electron chi connectivity index (χ3n) is 5.41. The Hall–Kier alpha value is -1.64. The van der Waals surface area contributed by atoms with Crippen LogP contribution in [0.25, 0.3) is 0 Å². The molecule has 2 N–H and O–H groups in total. The van der Waals surface area contributed by atoms with E-state index in [1.54, 1.807) is 24.3 Å². The maximum atomic E-state index is 12.6. The van der Waals surface area contributed by atoms with Crippen molar-refractivity contribution in [1.29, 1.82) is 0 Å². The molecule has 8 heteroatoms. The van der Waals surface area contributed by atoms with E-state index in [1.165, 1.54) is 10.7 Å². The first-order chi connectivity index (χ1) is 13.0. The second-order valence-corrected chi connectivity index (χ2v) is 9.29. The van der Waals surface area contributed by atoms with Crippen molar-refractivity contribution in [3.63, 3.8) is 0 Å². The molecule has 27 heavy (non-hydrogen) atoms. The smallest absolute Gasteiger partial charge is 0.315 e. The van der Waals surface area contributed by atoms with Gasteiger partial charge in [-0.3, -0.25) is 0 Å². The Morgan fingerprint density at radius 2 is 1.81 bits per heavy atom. The molecular weight excluding hydrogens is 366 g/mol. The minimum absolute atomic E-state index is 0.168. The number of amides is 2. The zero-order valence-electron chi connectivity index (χ0n) is 15.8. The first-order valence-electron chi connectivity index (χ1n) is 9.68. The van der Waals surface area contributed by atoms with Crippen LogP contribution in [-0.4, -0.2) is 51.1 Å². The summed E-state index contributed by atoms with van der Waals surface area (Å²) in [6.45, 7) is 4.16. The van der Waals surface area contributed by atoms with Crippen molar-refractivity contribution < 1.29 is 17.9 Å². The normalized spacial score (nSPS) is 24.3. The number of morpholine rings is 1. The Labute approximate surface area is 161 Å². The second kappa shape index (κ2) is 9.03. The predicted molar refractivity (Wildman–Crippen MR) is 103 cm³/mol. The highest BCUT2D eigenvalue weighted by Gasteiger charge is 2.26. The van der Waals surface area contributed by atoms with E-state index in [-0.39, 0.29) is 17.0 Å². The molecule has 0 unspecified atom stereocenters. The minimum Gasteiger partial charge on any atom is -0.379 e. The van der Waals surface area contributed by atoms with Gasteiger partial charge < -0.3 is 15.4 Å². The third kappa shape index (κ3) is 5.21. The quantitative estimate of drug-likeness (QED) is 0.799. The number of hydrogen-bond donors (Lipinski definition) is 2. The van der Waals surface area contributed by atoms with Gasteiger partial charge in [0.1, 0.15) is 0 Å². The molecule has 0 aromatic heterocycles. The molecule has 2 amide bonds. The Morgan fingerprint density at radius 1 is 1.15 bits per heavy atom. The Bertz CT molecular complexity index is 730. The third-order valence-corrected chi connectivity index (χ3v) is 7.33. The molecule has 150 valence electrons. The van der Waals surface area contributed by atoms with Crippen molar-refractivity contribution in [2.45, 2.75) is 50.1 Å². The highest BCUT2D eigenvalue weighted by Crippen LogP contribution is 2.23. The summed E-state index contributed by atoms with van der Waals surface area (Å²) in [6.07, 6.45) is 4.59. The molecule has 0 radical (unpaired) electrons. The van der Waals surface area contributed by atoms with Crippen LogP contribution in [0.15, 0.2) is 29.2 Å². The van der Waals surface area contributed by atoms with Gasteiger partial charge in [-0.05, 0) is 36.5 Å². The monoisotopic (exact) mass is 395 g/mol. The van der Waals surface area contributed by atoms with E-state index in [1.807, 2.05) is 0 Å². The number of ether oxygens (including phenoxy) is 1. The van der Waals surface area contributed by atoms with Gasteiger partial charge in [0.2, 0.25) is 10.0 Å². The molecule has 2 atom stereocenters. The van der Waals surface area contributed by atoms with Crippen LogP contribution >= 0.6 is 0 Å². The molecule has 7 nitrogen and oxygen atoms in total. The highest BCUT2D eigenvalue weighted by atomic mass is 32.2. The summed E-state index contributed by atoms with van der Waals surface area (Å²) in [5, 5.41) is 5.92. The number of sulfonamides is 1. The molecule has 2 fully saturated rings. The standard InChI is InChI=1S/C19H29N3O4S/c1-15-4-2-3-5-18(15)21-19(23)20-14-16-6-8-17(9-7-16)27(24,25)22-10-12-26-13-11-22/h6-9,15,18H,2-5,10-14H2,1H3,(H2,20,21,23)/t15-,18-/m0/s1. The summed E-state index contributed by atoms with van der Waals surface area (Å²) in [6, 6.07) is 6.76. The number of nitrogens with one attached hydrogen (secondary N) is 2. The van der Waals surface area contributed by atoms with Crippen LogP contribution in [0, 0.1) is 5.92 Å². The fourth-order valence-electron chi connectivity index (χ4n) is 3.65. The van der Waals surface area contributed by atoms with Crippen molar-refractivity contribution in [2.24, 2.45) is 5.92 Å². The summed E-state index contributed by atoms with van der Waals surface area (Å²) < 4.78 is 31.9. The van der Waals surface area contributed by atoms with Crippen LogP contribution < -0.4 is 10.6 Å². The number of urea groups is 1. The number of nitrogens with zero attached hydrogens (tertiary/aromatic N) is 1. The van der Waals surface area contributed by atoms with E-state index in [4.69, 9.17) is 4.74 Å². The zero-order valence-corrected chi connectivity index (χ0v) is 16.6. The lowest BCUT2D eigenvalue weighted by molar-refractivity contribution is 0.0730.